The summed E-state index contributed by atoms with van der Waals surface area (Å²) in [6.07, 6.45) is 1.13. The smallest absolute Gasteiger partial charge is 0.200 e. The normalized spacial score (nSPS) is 14.5. The summed E-state index contributed by atoms with van der Waals surface area (Å²) >= 11 is 0. The Morgan fingerprint density at radius 1 is 1.46 bits per heavy atom. The molecule has 0 radical (unpaired) electrons. The average Bonchev–Trinajstić information content (AvgIpc) is 2.56. The molecule has 13 heavy (non-hydrogen) atoms. The van der Waals surface area contributed by atoms with Gasteiger partial charge in [0.15, 0.2) is 5.71 Å². The molecular formula is C12H18N+. The van der Waals surface area contributed by atoms with Gasteiger partial charge in [-0.3, -0.25) is 0 Å². The first-order chi connectivity index (χ1) is 6.83. The first-order valence-electron chi connectivity index (χ1n) is 5.51. The van der Waals surface area contributed by atoms with E-state index in [1.807, 2.05) is 0 Å². The van der Waals surface area contributed by atoms with E-state index in [2.05, 4.69) is 42.7 Å². The Kier molecular flexibility index (Phi) is 2.44. The van der Waals surface area contributed by atoms with Gasteiger partial charge in [-0.25, -0.2) is 0 Å². The maximum Gasteiger partial charge on any atom is 0.208 e. The van der Waals surface area contributed by atoms with E-state index in [0.717, 1.165) is 13.0 Å². The standard InChI is InChI=1S/C11H14N.CH4/c1-3-12-9(2)8-10-6-4-5-7-11(10)12;/h4-7H,3,8H2,1-2H3;1H4/q+1;/i;1T. The van der Waals surface area contributed by atoms with Crippen molar-refractivity contribution in [2.45, 2.75) is 27.7 Å². The van der Waals surface area contributed by atoms with Crippen molar-refractivity contribution in [3.05, 3.63) is 29.8 Å². The number of fused-ring (bicyclic) bond motifs is 1. The number of para-hydroxylation sites is 1. The van der Waals surface area contributed by atoms with E-state index in [-0.39, 0.29) is 0 Å². The van der Waals surface area contributed by atoms with Gasteiger partial charge in [-0.2, -0.15) is 4.58 Å². The molecule has 0 atom stereocenters. The predicted molar refractivity (Wildman–Crippen MR) is 58.0 cm³/mol. The topological polar surface area (TPSA) is 3.01 Å². The van der Waals surface area contributed by atoms with Crippen LogP contribution in [0.3, 0.4) is 0 Å². The molecule has 1 aliphatic rings. The summed E-state index contributed by atoms with van der Waals surface area (Å²) in [5, 5.41) is 0. The Morgan fingerprint density at radius 3 is 2.85 bits per heavy atom. The summed E-state index contributed by atoms with van der Waals surface area (Å²) in [5.74, 6) is 0. The molecule has 0 N–H and O–H groups in total. The van der Waals surface area contributed by atoms with E-state index in [4.69, 9.17) is 1.37 Å². The number of nitrogens with zero attached hydrogens (tertiary/aromatic N) is 1. The van der Waals surface area contributed by atoms with Gasteiger partial charge in [0, 0.05) is 19.9 Å². The van der Waals surface area contributed by atoms with Gasteiger partial charge in [0.2, 0.25) is 5.69 Å². The third-order valence-corrected chi connectivity index (χ3v) is 2.51. The molecule has 0 aromatic heterocycles. The molecule has 1 nitrogen and oxygen atoms in total. The molecule has 1 heterocycles. The number of benzene rings is 1. The summed E-state index contributed by atoms with van der Waals surface area (Å²) < 4.78 is 8.13. The minimum Gasteiger partial charge on any atom is -0.200 e. The van der Waals surface area contributed by atoms with Gasteiger partial charge in [0.25, 0.3) is 0 Å². The third kappa shape index (κ3) is 1.51. The number of hydrogen-bond donors (Lipinski definition) is 0. The fourth-order valence-corrected chi connectivity index (χ4v) is 1.94. The second kappa shape index (κ2) is 3.73. The van der Waals surface area contributed by atoms with E-state index < -0.39 is 0 Å². The van der Waals surface area contributed by atoms with Crippen LogP contribution in [0.15, 0.2) is 24.3 Å². The summed E-state index contributed by atoms with van der Waals surface area (Å²) in [5.41, 5.74) is 4.34. The molecule has 1 aliphatic heterocycles. The van der Waals surface area contributed by atoms with Crippen LogP contribution in [0.4, 0.5) is 5.69 Å². The second-order valence-electron chi connectivity index (χ2n) is 3.29. The number of rotatable bonds is 1. The fraction of sp³-hybridized carbons (Fsp3) is 0.417. The van der Waals surface area contributed by atoms with Gasteiger partial charge in [-0.15, -0.1) is 0 Å². The Labute approximate surface area is 82.1 Å². The van der Waals surface area contributed by atoms with Crippen LogP contribution < -0.4 is 0 Å². The molecule has 0 saturated heterocycles. The van der Waals surface area contributed by atoms with Crippen LogP contribution in [-0.4, -0.2) is 16.8 Å². The van der Waals surface area contributed by atoms with Crippen LogP contribution in [-0.2, 0) is 6.42 Å². The largest absolute Gasteiger partial charge is 0.208 e. The zero-order chi connectivity index (χ0) is 10.6. The van der Waals surface area contributed by atoms with Gasteiger partial charge in [0.1, 0.15) is 6.54 Å². The molecular weight excluding hydrogens is 158 g/mol. The highest BCUT2D eigenvalue weighted by molar-refractivity contribution is 5.84. The predicted octanol–water partition coefficient (Wildman–Crippen LogP) is 3.00. The Hall–Kier alpha value is -1.11. The van der Waals surface area contributed by atoms with E-state index in [0.29, 0.717) is 0 Å². The van der Waals surface area contributed by atoms with E-state index >= 15 is 0 Å². The maximum atomic E-state index is 5.75. The van der Waals surface area contributed by atoms with E-state index in [1.165, 1.54) is 24.4 Å². The molecule has 0 bridgehead atoms. The Bertz CT molecular complexity index is 342. The molecule has 0 aliphatic carbocycles. The van der Waals surface area contributed by atoms with E-state index in [9.17, 15) is 0 Å². The summed E-state index contributed by atoms with van der Waals surface area (Å²) in [7, 11) is 1.25. The molecule has 70 valence electrons. The zero-order valence-electron chi connectivity index (χ0n) is 9.67. The lowest BCUT2D eigenvalue weighted by Gasteiger charge is -1.96. The lowest BCUT2D eigenvalue weighted by Crippen LogP contribution is -2.08. The molecule has 0 fully saturated rings. The highest BCUT2D eigenvalue weighted by Crippen LogP contribution is 2.25. The van der Waals surface area contributed by atoms with Crippen LogP contribution >= 0.6 is 0 Å². The zero-order valence-corrected chi connectivity index (χ0v) is 8.67. The van der Waals surface area contributed by atoms with Crippen molar-refractivity contribution in [1.29, 1.82) is 0 Å². The quantitative estimate of drug-likeness (QED) is 0.582. The van der Waals surface area contributed by atoms with Crippen LogP contribution in [0.5, 0.6) is 0 Å². The minimum absolute atomic E-state index is 1.09. The van der Waals surface area contributed by atoms with Crippen LogP contribution in [0, 0.1) is 0 Å². The highest BCUT2D eigenvalue weighted by Gasteiger charge is 2.24. The van der Waals surface area contributed by atoms with Crippen molar-refractivity contribution < 1.29 is 5.95 Å². The summed E-state index contributed by atoms with van der Waals surface area (Å²) in [6, 6.07) is 8.65. The van der Waals surface area contributed by atoms with Crippen molar-refractivity contribution in [3.63, 3.8) is 0 Å². The van der Waals surface area contributed by atoms with Crippen LogP contribution in [0.2, 0.25) is 0 Å². The first kappa shape index (κ1) is 8.49. The Balaban J connectivity index is 0.000000461. The van der Waals surface area contributed by atoms with Crippen molar-refractivity contribution in [2.75, 3.05) is 6.54 Å². The molecule has 1 aromatic rings. The van der Waals surface area contributed by atoms with Gasteiger partial charge in [-0.1, -0.05) is 25.6 Å². The lowest BCUT2D eigenvalue weighted by molar-refractivity contribution is -0.433. The molecule has 1 heteroatoms. The van der Waals surface area contributed by atoms with Crippen molar-refractivity contribution >= 4 is 11.4 Å². The SMILES string of the molecule is CC[N+]1=C(C)Cc2ccccc21.[3H]C. The van der Waals surface area contributed by atoms with Crippen molar-refractivity contribution in [3.8, 4) is 0 Å². The summed E-state index contributed by atoms with van der Waals surface area (Å²) in [4.78, 5) is 0. The highest BCUT2D eigenvalue weighted by atomic mass is 15.0. The Morgan fingerprint density at radius 2 is 2.15 bits per heavy atom. The van der Waals surface area contributed by atoms with Gasteiger partial charge >= 0.3 is 0 Å². The maximum absolute atomic E-state index is 5.75. The molecule has 0 amide bonds. The second-order valence-corrected chi connectivity index (χ2v) is 3.29. The van der Waals surface area contributed by atoms with Gasteiger partial charge < -0.3 is 0 Å². The third-order valence-electron chi connectivity index (χ3n) is 2.51. The van der Waals surface area contributed by atoms with Crippen LogP contribution in [0.25, 0.3) is 0 Å². The molecule has 0 saturated carbocycles. The van der Waals surface area contributed by atoms with Crippen LogP contribution in [0.1, 0.15) is 28.2 Å². The lowest BCUT2D eigenvalue weighted by atomic mass is 10.1. The first-order valence-corrected chi connectivity index (χ1v) is 4.51. The van der Waals surface area contributed by atoms with Crippen molar-refractivity contribution in [2.24, 2.45) is 0 Å². The molecule has 1 aromatic carbocycles. The van der Waals surface area contributed by atoms with E-state index in [1.54, 1.807) is 0 Å². The van der Waals surface area contributed by atoms with Gasteiger partial charge in [0.05, 0.1) is 6.42 Å². The molecule has 0 unspecified atom stereocenters. The molecule has 0 spiro atoms. The van der Waals surface area contributed by atoms with Gasteiger partial charge in [-0.05, 0) is 6.92 Å². The fourth-order valence-electron chi connectivity index (χ4n) is 1.94. The molecule has 2 rings (SSSR count). The summed E-state index contributed by atoms with van der Waals surface area (Å²) in [6.45, 7) is 5.50. The number of hydrogen-bond acceptors (Lipinski definition) is 0. The minimum atomic E-state index is 1.09. The average molecular weight is 178 g/mol. The van der Waals surface area contributed by atoms with Crippen molar-refractivity contribution in [1.82, 2.24) is 0 Å². The monoisotopic (exact) mass is 178 g/mol.